The van der Waals surface area contributed by atoms with Crippen molar-refractivity contribution in [3.8, 4) is 11.5 Å². The van der Waals surface area contributed by atoms with Gasteiger partial charge < -0.3 is 10.6 Å². The number of hydrogen-bond donors (Lipinski definition) is 2. The van der Waals surface area contributed by atoms with Crippen LogP contribution in [0.15, 0.2) is 42.6 Å². The summed E-state index contributed by atoms with van der Waals surface area (Å²) in [5.41, 5.74) is -1.31. The summed E-state index contributed by atoms with van der Waals surface area (Å²) in [4.78, 5) is 15.8. The maximum absolute atomic E-state index is 13.7. The molecule has 0 bridgehead atoms. The van der Waals surface area contributed by atoms with Gasteiger partial charge in [-0.3, -0.25) is 4.98 Å². The lowest BCUT2D eigenvalue weighted by atomic mass is 10.2. The predicted molar refractivity (Wildman–Crippen MR) is 106 cm³/mol. The van der Waals surface area contributed by atoms with Gasteiger partial charge in [0.1, 0.15) is 28.7 Å². The van der Waals surface area contributed by atoms with Gasteiger partial charge in [-0.05, 0) is 38.1 Å². The maximum Gasteiger partial charge on any atom is 0.433 e. The summed E-state index contributed by atoms with van der Waals surface area (Å²) < 4.78 is 66.2. The quantitative estimate of drug-likeness (QED) is 0.486. The zero-order valence-electron chi connectivity index (χ0n) is 16.8. The van der Waals surface area contributed by atoms with Gasteiger partial charge in [-0.2, -0.15) is 22.0 Å². The Labute approximate surface area is 175 Å². The van der Waals surface area contributed by atoms with Crippen LogP contribution in [0.2, 0.25) is 0 Å². The largest absolute Gasteiger partial charge is 0.433 e. The number of alkyl halides is 5. The van der Waals surface area contributed by atoms with Crippen LogP contribution in [0.3, 0.4) is 0 Å². The lowest BCUT2D eigenvalue weighted by Crippen LogP contribution is -2.13. The molecule has 2 N–H and O–H groups in total. The Morgan fingerprint density at radius 3 is 2.23 bits per heavy atom. The molecule has 11 heteroatoms. The van der Waals surface area contributed by atoms with Crippen LogP contribution < -0.4 is 10.6 Å². The Kier molecular flexibility index (Phi) is 6.05. The van der Waals surface area contributed by atoms with E-state index in [0.29, 0.717) is 5.82 Å². The maximum atomic E-state index is 13.7. The van der Waals surface area contributed by atoms with Crippen LogP contribution in [-0.4, -0.2) is 26.0 Å². The number of hydrogen-bond acceptors (Lipinski definition) is 6. The Morgan fingerprint density at radius 1 is 0.871 bits per heavy atom. The Hall–Kier alpha value is -3.37. The van der Waals surface area contributed by atoms with Crippen LogP contribution in [0.4, 0.5) is 39.3 Å². The molecule has 31 heavy (non-hydrogen) atoms. The third kappa shape index (κ3) is 5.83. The highest BCUT2D eigenvalue weighted by Crippen LogP contribution is 2.31. The Balaban J connectivity index is 2.02. The second kappa shape index (κ2) is 8.40. The first-order valence-electron chi connectivity index (χ1n) is 9.23. The van der Waals surface area contributed by atoms with Crippen LogP contribution in [0.5, 0.6) is 0 Å². The summed E-state index contributed by atoms with van der Waals surface area (Å²) in [6, 6.07) is 7.74. The Bertz CT molecular complexity index is 1060. The number of pyridine rings is 2. The monoisotopic (exact) mass is 438 g/mol. The third-order valence-corrected chi connectivity index (χ3v) is 3.91. The van der Waals surface area contributed by atoms with Gasteiger partial charge in [-0.15, -0.1) is 0 Å². The molecule has 0 aromatic carbocycles. The van der Waals surface area contributed by atoms with Gasteiger partial charge in [0, 0.05) is 30.9 Å². The number of halogens is 5. The molecule has 0 aliphatic carbocycles. The summed E-state index contributed by atoms with van der Waals surface area (Å²) in [6.45, 7) is 4.46. The van der Waals surface area contributed by atoms with Crippen molar-refractivity contribution >= 4 is 17.3 Å². The minimum Gasteiger partial charge on any atom is -0.368 e. The standard InChI is InChI=1S/C20H19F5N6/c1-11(2)27-16-10-17(28-12-7-8-26-15(9-12)20(23,24)25)31-18(30-16)13-5-4-6-14(29-13)19(3,21)22/h4-11H,1-3H3,(H2,26,27,28,30,31). The van der Waals surface area contributed by atoms with E-state index >= 15 is 0 Å². The van der Waals surface area contributed by atoms with Gasteiger partial charge in [0.05, 0.1) is 0 Å². The minimum atomic E-state index is -4.60. The fourth-order valence-corrected chi connectivity index (χ4v) is 2.61. The van der Waals surface area contributed by atoms with Crippen LogP contribution in [-0.2, 0) is 12.1 Å². The van der Waals surface area contributed by atoms with E-state index in [-0.39, 0.29) is 29.1 Å². The number of aromatic nitrogens is 4. The topological polar surface area (TPSA) is 75.6 Å². The molecule has 3 aromatic heterocycles. The van der Waals surface area contributed by atoms with Crippen molar-refractivity contribution in [3.63, 3.8) is 0 Å². The van der Waals surface area contributed by atoms with Crippen molar-refractivity contribution in [2.24, 2.45) is 0 Å². The van der Waals surface area contributed by atoms with Crippen molar-refractivity contribution < 1.29 is 22.0 Å². The molecule has 0 unspecified atom stereocenters. The SMILES string of the molecule is CC(C)Nc1cc(Nc2ccnc(C(F)(F)F)c2)nc(-c2cccc(C(C)(F)F)n2)n1. The lowest BCUT2D eigenvalue weighted by Gasteiger charge is -2.15. The van der Waals surface area contributed by atoms with E-state index in [1.165, 1.54) is 30.3 Å². The molecular weight excluding hydrogens is 419 g/mol. The molecule has 0 saturated heterocycles. The second-order valence-electron chi connectivity index (χ2n) is 7.11. The van der Waals surface area contributed by atoms with Gasteiger partial charge >= 0.3 is 6.18 Å². The lowest BCUT2D eigenvalue weighted by molar-refractivity contribution is -0.141. The van der Waals surface area contributed by atoms with E-state index in [9.17, 15) is 22.0 Å². The molecule has 0 aliphatic heterocycles. The number of nitrogens with one attached hydrogen (secondary N) is 2. The van der Waals surface area contributed by atoms with Gasteiger partial charge in [-0.25, -0.2) is 15.0 Å². The van der Waals surface area contributed by atoms with Crippen LogP contribution in [0.1, 0.15) is 32.2 Å². The van der Waals surface area contributed by atoms with Gasteiger partial charge in [0.25, 0.3) is 5.92 Å². The average molecular weight is 438 g/mol. The van der Waals surface area contributed by atoms with Crippen molar-refractivity contribution in [1.82, 2.24) is 19.9 Å². The molecule has 0 fully saturated rings. The van der Waals surface area contributed by atoms with Crippen molar-refractivity contribution in [2.75, 3.05) is 10.6 Å². The summed E-state index contributed by atoms with van der Waals surface area (Å²) in [5, 5.41) is 5.84. The van der Waals surface area contributed by atoms with Crippen molar-refractivity contribution in [2.45, 2.75) is 38.9 Å². The fraction of sp³-hybridized carbons (Fsp3) is 0.300. The number of anilines is 3. The van der Waals surface area contributed by atoms with E-state index in [2.05, 4.69) is 30.6 Å². The molecule has 0 spiro atoms. The molecule has 0 atom stereocenters. The molecule has 0 amide bonds. The van der Waals surface area contributed by atoms with E-state index in [1.54, 1.807) is 0 Å². The molecule has 0 saturated carbocycles. The molecule has 3 rings (SSSR count). The fourth-order valence-electron chi connectivity index (χ4n) is 2.61. The Morgan fingerprint density at radius 2 is 1.58 bits per heavy atom. The summed E-state index contributed by atoms with van der Waals surface area (Å²) >= 11 is 0. The first-order chi connectivity index (χ1) is 14.4. The first-order valence-corrected chi connectivity index (χ1v) is 9.23. The van der Waals surface area contributed by atoms with E-state index in [1.807, 2.05) is 13.8 Å². The summed E-state index contributed by atoms with van der Waals surface area (Å²) in [5.74, 6) is -2.62. The van der Waals surface area contributed by atoms with E-state index in [0.717, 1.165) is 19.2 Å². The van der Waals surface area contributed by atoms with Gasteiger partial charge in [0.15, 0.2) is 5.82 Å². The summed E-state index contributed by atoms with van der Waals surface area (Å²) in [7, 11) is 0. The molecule has 3 aromatic rings. The predicted octanol–water partition coefficient (Wildman–Crippen LogP) is 5.63. The van der Waals surface area contributed by atoms with Crippen molar-refractivity contribution in [1.29, 1.82) is 0 Å². The second-order valence-corrected chi connectivity index (χ2v) is 7.11. The zero-order chi connectivity index (χ0) is 22.8. The normalized spacial score (nSPS) is 12.2. The van der Waals surface area contributed by atoms with E-state index in [4.69, 9.17) is 0 Å². The molecule has 0 aliphatic rings. The molecule has 3 heterocycles. The van der Waals surface area contributed by atoms with Crippen molar-refractivity contribution in [3.05, 3.63) is 54.0 Å². The number of rotatable bonds is 6. The molecule has 6 nitrogen and oxygen atoms in total. The number of nitrogens with zero attached hydrogens (tertiary/aromatic N) is 4. The smallest absolute Gasteiger partial charge is 0.368 e. The highest BCUT2D eigenvalue weighted by atomic mass is 19.4. The van der Waals surface area contributed by atoms with Crippen LogP contribution in [0.25, 0.3) is 11.5 Å². The minimum absolute atomic E-state index is 0.0207. The molecule has 164 valence electrons. The average Bonchev–Trinajstić information content (AvgIpc) is 2.66. The van der Waals surface area contributed by atoms with Gasteiger partial charge in [-0.1, -0.05) is 6.07 Å². The third-order valence-electron chi connectivity index (χ3n) is 3.91. The highest BCUT2D eigenvalue weighted by Gasteiger charge is 2.32. The zero-order valence-corrected chi connectivity index (χ0v) is 16.8. The van der Waals surface area contributed by atoms with E-state index < -0.39 is 23.5 Å². The first kappa shape index (κ1) is 22.3. The molecular formula is C20H19F5N6. The molecule has 0 radical (unpaired) electrons. The van der Waals surface area contributed by atoms with Gasteiger partial charge in [0.2, 0.25) is 0 Å². The van der Waals surface area contributed by atoms with Crippen LogP contribution >= 0.6 is 0 Å². The van der Waals surface area contributed by atoms with Crippen LogP contribution in [0, 0.1) is 0 Å². The highest BCUT2D eigenvalue weighted by molar-refractivity contribution is 5.64. The summed E-state index contributed by atoms with van der Waals surface area (Å²) in [6.07, 6.45) is -3.58.